The lowest BCUT2D eigenvalue weighted by atomic mass is 10.1. The van der Waals surface area contributed by atoms with Crippen LogP contribution < -0.4 is 5.32 Å². The lowest BCUT2D eigenvalue weighted by Crippen LogP contribution is -2.40. The molecule has 0 unspecified atom stereocenters. The van der Waals surface area contributed by atoms with Crippen molar-refractivity contribution in [2.45, 2.75) is 18.9 Å². The highest BCUT2D eigenvalue weighted by atomic mass is 19.2. The molecule has 0 bridgehead atoms. The maximum absolute atomic E-state index is 13.5. The molecule has 0 aliphatic carbocycles. The third kappa shape index (κ3) is 4.82. The first-order valence-corrected chi connectivity index (χ1v) is 7.07. The summed E-state index contributed by atoms with van der Waals surface area (Å²) in [6.45, 7) is -0.291. The monoisotopic (exact) mass is 323 g/mol. The number of nitrogens with one attached hydrogen (secondary N) is 1. The van der Waals surface area contributed by atoms with Gasteiger partial charge in [-0.3, -0.25) is 4.79 Å². The van der Waals surface area contributed by atoms with E-state index in [0.29, 0.717) is 18.6 Å². The molecule has 0 aliphatic heterocycles. The SMILES string of the molecule is O=C(Cc1cc(F)c(F)cc1F)N[C@@H](CO)Cc1ccccc1. The van der Waals surface area contributed by atoms with Crippen LogP contribution in [0.1, 0.15) is 11.1 Å². The van der Waals surface area contributed by atoms with Crippen molar-refractivity contribution in [1.82, 2.24) is 5.32 Å². The number of hydrogen-bond donors (Lipinski definition) is 2. The molecular formula is C17H16F3NO2. The highest BCUT2D eigenvalue weighted by Crippen LogP contribution is 2.14. The van der Waals surface area contributed by atoms with E-state index < -0.39 is 35.8 Å². The molecule has 2 N–H and O–H groups in total. The summed E-state index contributed by atoms with van der Waals surface area (Å²) in [6, 6.07) is 9.75. The number of carbonyl (C=O) groups is 1. The minimum absolute atomic E-state index is 0.238. The molecular weight excluding hydrogens is 307 g/mol. The molecule has 1 atom stereocenters. The van der Waals surface area contributed by atoms with Crippen molar-refractivity contribution in [2.75, 3.05) is 6.61 Å². The summed E-state index contributed by atoms with van der Waals surface area (Å²) in [5, 5.41) is 11.9. The van der Waals surface area contributed by atoms with Crippen molar-refractivity contribution < 1.29 is 23.1 Å². The fourth-order valence-electron chi connectivity index (χ4n) is 2.21. The molecule has 23 heavy (non-hydrogen) atoms. The Kier molecular flexibility index (Phi) is 5.76. The third-order valence-corrected chi connectivity index (χ3v) is 3.35. The first-order chi connectivity index (χ1) is 11.0. The molecule has 0 fully saturated rings. The molecule has 0 radical (unpaired) electrons. The van der Waals surface area contributed by atoms with E-state index in [1.54, 1.807) is 0 Å². The van der Waals surface area contributed by atoms with Crippen LogP contribution in [0.25, 0.3) is 0 Å². The van der Waals surface area contributed by atoms with Gasteiger partial charge < -0.3 is 10.4 Å². The van der Waals surface area contributed by atoms with Crippen molar-refractivity contribution in [2.24, 2.45) is 0 Å². The number of amides is 1. The predicted molar refractivity (Wildman–Crippen MR) is 79.2 cm³/mol. The van der Waals surface area contributed by atoms with Gasteiger partial charge in [-0.1, -0.05) is 30.3 Å². The second kappa shape index (κ2) is 7.78. The van der Waals surface area contributed by atoms with Crippen LogP contribution in [0.4, 0.5) is 13.2 Å². The van der Waals surface area contributed by atoms with E-state index >= 15 is 0 Å². The molecule has 0 aromatic heterocycles. The zero-order valence-electron chi connectivity index (χ0n) is 12.2. The Balaban J connectivity index is 1.99. The van der Waals surface area contributed by atoms with E-state index in [-0.39, 0.29) is 12.2 Å². The normalized spacial score (nSPS) is 12.0. The predicted octanol–water partition coefficient (Wildman–Crippen LogP) is 2.37. The summed E-state index contributed by atoms with van der Waals surface area (Å²) in [5.74, 6) is -4.08. The molecule has 0 saturated carbocycles. The topological polar surface area (TPSA) is 49.3 Å². The van der Waals surface area contributed by atoms with Gasteiger partial charge in [0.25, 0.3) is 0 Å². The standard InChI is InChI=1S/C17H16F3NO2/c18-14-9-16(20)15(19)7-12(14)8-17(23)21-13(10-22)6-11-4-2-1-3-5-11/h1-5,7,9,13,22H,6,8,10H2,(H,21,23)/t13-/m1/s1. The van der Waals surface area contributed by atoms with Gasteiger partial charge in [0.05, 0.1) is 19.1 Å². The fourth-order valence-corrected chi connectivity index (χ4v) is 2.21. The first kappa shape index (κ1) is 17.0. The number of carbonyl (C=O) groups excluding carboxylic acids is 1. The second-order valence-electron chi connectivity index (χ2n) is 5.17. The molecule has 2 rings (SSSR count). The van der Waals surface area contributed by atoms with E-state index in [1.165, 1.54) is 0 Å². The lowest BCUT2D eigenvalue weighted by Gasteiger charge is -2.16. The zero-order chi connectivity index (χ0) is 16.8. The maximum Gasteiger partial charge on any atom is 0.224 e. The molecule has 2 aromatic rings. The zero-order valence-corrected chi connectivity index (χ0v) is 12.2. The van der Waals surface area contributed by atoms with Gasteiger partial charge in [-0.15, -0.1) is 0 Å². The van der Waals surface area contributed by atoms with Crippen molar-refractivity contribution in [1.29, 1.82) is 0 Å². The van der Waals surface area contributed by atoms with Gasteiger partial charge in [0.1, 0.15) is 5.82 Å². The molecule has 0 aliphatic rings. The van der Waals surface area contributed by atoms with Crippen LogP contribution in [0.2, 0.25) is 0 Å². The minimum Gasteiger partial charge on any atom is -0.394 e. The fraction of sp³-hybridized carbons (Fsp3) is 0.235. The van der Waals surface area contributed by atoms with Gasteiger partial charge in [0, 0.05) is 11.6 Å². The Hall–Kier alpha value is -2.34. The van der Waals surface area contributed by atoms with Crippen LogP contribution >= 0.6 is 0 Å². The molecule has 2 aromatic carbocycles. The summed E-state index contributed by atoms with van der Waals surface area (Å²) >= 11 is 0. The average molecular weight is 323 g/mol. The third-order valence-electron chi connectivity index (χ3n) is 3.35. The summed E-state index contributed by atoms with van der Waals surface area (Å²) < 4.78 is 39.5. The van der Waals surface area contributed by atoms with Crippen LogP contribution in [0, 0.1) is 17.5 Å². The molecule has 122 valence electrons. The molecule has 0 saturated heterocycles. The van der Waals surface area contributed by atoms with Crippen molar-refractivity contribution in [3.05, 3.63) is 71.0 Å². The molecule has 6 heteroatoms. The largest absolute Gasteiger partial charge is 0.394 e. The summed E-state index contributed by atoms with van der Waals surface area (Å²) in [7, 11) is 0. The van der Waals surface area contributed by atoms with Gasteiger partial charge in [-0.25, -0.2) is 13.2 Å². The lowest BCUT2D eigenvalue weighted by molar-refractivity contribution is -0.121. The Labute approximate surface area is 131 Å². The number of hydrogen-bond acceptors (Lipinski definition) is 2. The van der Waals surface area contributed by atoms with Crippen LogP contribution in [-0.4, -0.2) is 23.7 Å². The number of aliphatic hydroxyl groups excluding tert-OH is 1. The van der Waals surface area contributed by atoms with Gasteiger partial charge in [-0.2, -0.15) is 0 Å². The van der Waals surface area contributed by atoms with E-state index in [0.717, 1.165) is 5.56 Å². The van der Waals surface area contributed by atoms with Crippen LogP contribution in [0.15, 0.2) is 42.5 Å². The van der Waals surface area contributed by atoms with Crippen LogP contribution in [0.5, 0.6) is 0 Å². The molecule has 3 nitrogen and oxygen atoms in total. The Bertz CT molecular complexity index is 677. The Morgan fingerprint density at radius 3 is 2.35 bits per heavy atom. The highest BCUT2D eigenvalue weighted by molar-refractivity contribution is 5.79. The second-order valence-corrected chi connectivity index (χ2v) is 5.17. The molecule has 0 heterocycles. The van der Waals surface area contributed by atoms with Gasteiger partial charge in [-0.05, 0) is 18.1 Å². The first-order valence-electron chi connectivity index (χ1n) is 7.07. The van der Waals surface area contributed by atoms with Gasteiger partial charge >= 0.3 is 0 Å². The van der Waals surface area contributed by atoms with Crippen LogP contribution in [0.3, 0.4) is 0 Å². The van der Waals surface area contributed by atoms with E-state index in [9.17, 15) is 23.1 Å². The van der Waals surface area contributed by atoms with E-state index in [4.69, 9.17) is 0 Å². The smallest absolute Gasteiger partial charge is 0.224 e. The summed E-state index contributed by atoms with van der Waals surface area (Å²) in [4.78, 5) is 11.9. The van der Waals surface area contributed by atoms with Gasteiger partial charge in [0.15, 0.2) is 11.6 Å². The number of aliphatic hydroxyl groups is 1. The van der Waals surface area contributed by atoms with Crippen molar-refractivity contribution in [3.8, 4) is 0 Å². The quantitative estimate of drug-likeness (QED) is 0.802. The minimum atomic E-state index is -1.30. The highest BCUT2D eigenvalue weighted by Gasteiger charge is 2.16. The summed E-state index contributed by atoms with van der Waals surface area (Å²) in [5.41, 5.74) is 0.684. The number of halogens is 3. The Morgan fingerprint density at radius 2 is 1.70 bits per heavy atom. The van der Waals surface area contributed by atoms with E-state index in [1.807, 2.05) is 30.3 Å². The Morgan fingerprint density at radius 1 is 1.04 bits per heavy atom. The maximum atomic E-state index is 13.5. The molecule has 0 spiro atoms. The average Bonchev–Trinajstić information content (AvgIpc) is 2.53. The van der Waals surface area contributed by atoms with Crippen LogP contribution in [-0.2, 0) is 17.6 Å². The van der Waals surface area contributed by atoms with Gasteiger partial charge in [0.2, 0.25) is 5.91 Å². The van der Waals surface area contributed by atoms with E-state index in [2.05, 4.69) is 5.32 Å². The summed E-state index contributed by atoms with van der Waals surface area (Å²) in [6.07, 6.45) is -0.0301. The van der Waals surface area contributed by atoms with Crippen molar-refractivity contribution in [3.63, 3.8) is 0 Å². The molecule has 1 amide bonds. The number of rotatable bonds is 6. The number of benzene rings is 2. The van der Waals surface area contributed by atoms with Crippen molar-refractivity contribution >= 4 is 5.91 Å².